The van der Waals surface area contributed by atoms with Crippen molar-refractivity contribution in [1.29, 1.82) is 0 Å². The summed E-state index contributed by atoms with van der Waals surface area (Å²) in [6.45, 7) is 5.42. The maximum absolute atomic E-state index is 6.19. The van der Waals surface area contributed by atoms with E-state index in [1.165, 1.54) is 56.1 Å². The lowest BCUT2D eigenvalue weighted by Gasteiger charge is -2.29. The zero-order valence-electron chi connectivity index (χ0n) is 16.3. The minimum absolute atomic E-state index is 0.306. The summed E-state index contributed by atoms with van der Waals surface area (Å²) in [6.07, 6.45) is 17.3. The molecule has 2 atom stereocenters. The van der Waals surface area contributed by atoms with Crippen LogP contribution in [0.2, 0.25) is 0 Å². The third-order valence-corrected chi connectivity index (χ3v) is 6.31. The van der Waals surface area contributed by atoms with Crippen molar-refractivity contribution in [3.63, 3.8) is 0 Å². The van der Waals surface area contributed by atoms with Gasteiger partial charge >= 0.3 is 0 Å². The topological polar surface area (TPSA) is 9.23 Å². The van der Waals surface area contributed by atoms with Crippen LogP contribution in [0.3, 0.4) is 0 Å². The van der Waals surface area contributed by atoms with Crippen LogP contribution in [-0.2, 0) is 11.2 Å². The van der Waals surface area contributed by atoms with Crippen molar-refractivity contribution in [2.24, 2.45) is 17.8 Å². The van der Waals surface area contributed by atoms with Crippen molar-refractivity contribution in [2.45, 2.75) is 77.7 Å². The molecule has 1 nitrogen and oxygen atoms in total. The van der Waals surface area contributed by atoms with Crippen LogP contribution in [0.4, 0.5) is 0 Å². The van der Waals surface area contributed by atoms with E-state index in [2.05, 4.69) is 50.3 Å². The second-order valence-corrected chi connectivity index (χ2v) is 8.21. The van der Waals surface area contributed by atoms with Crippen LogP contribution in [-0.4, -0.2) is 6.61 Å². The van der Waals surface area contributed by atoms with Gasteiger partial charge in [-0.15, -0.1) is 0 Å². The Morgan fingerprint density at radius 2 is 1.56 bits per heavy atom. The van der Waals surface area contributed by atoms with E-state index in [-0.39, 0.29) is 0 Å². The molecule has 1 aliphatic carbocycles. The number of aryl methyl sites for hydroxylation is 1. The summed E-state index contributed by atoms with van der Waals surface area (Å²) >= 11 is 0. The average molecular weight is 341 g/mol. The first-order chi connectivity index (χ1) is 12.3. The molecule has 2 fully saturated rings. The lowest BCUT2D eigenvalue weighted by Crippen LogP contribution is -2.20. The third kappa shape index (κ3) is 5.45. The van der Waals surface area contributed by atoms with Crippen molar-refractivity contribution in [3.05, 3.63) is 47.5 Å². The van der Waals surface area contributed by atoms with Gasteiger partial charge in [0.1, 0.15) is 0 Å². The molecule has 0 N–H and O–H groups in total. The van der Waals surface area contributed by atoms with Gasteiger partial charge in [0.15, 0.2) is 0 Å². The van der Waals surface area contributed by atoms with Gasteiger partial charge in [0.2, 0.25) is 0 Å². The maximum atomic E-state index is 6.19. The number of rotatable bonds is 6. The highest BCUT2D eigenvalue weighted by Gasteiger charge is 2.23. The highest BCUT2D eigenvalue weighted by molar-refractivity contribution is 5.24. The van der Waals surface area contributed by atoms with E-state index in [4.69, 9.17) is 4.74 Å². The first-order valence-electron chi connectivity index (χ1n) is 10.7. The second-order valence-electron chi connectivity index (χ2n) is 8.21. The molecule has 1 saturated heterocycles. The Balaban J connectivity index is 1.41. The summed E-state index contributed by atoms with van der Waals surface area (Å²) in [5.74, 6) is 2.46. The van der Waals surface area contributed by atoms with Crippen molar-refractivity contribution >= 4 is 0 Å². The fraction of sp³-hybridized carbons (Fsp3) is 0.667. The minimum Gasteiger partial charge on any atom is -0.373 e. The Bertz CT molecular complexity index is 514. The molecule has 3 rings (SSSR count). The molecule has 0 radical (unpaired) electrons. The van der Waals surface area contributed by atoms with Crippen LogP contribution < -0.4 is 0 Å². The Labute approximate surface area is 154 Å². The van der Waals surface area contributed by atoms with Gasteiger partial charge in [0, 0.05) is 5.92 Å². The predicted molar refractivity (Wildman–Crippen MR) is 107 cm³/mol. The van der Waals surface area contributed by atoms with Gasteiger partial charge in [-0.25, -0.2) is 0 Å². The Kier molecular flexibility index (Phi) is 7.16. The molecule has 0 spiro atoms. The number of hydrogen-bond donors (Lipinski definition) is 0. The minimum atomic E-state index is 0.306. The van der Waals surface area contributed by atoms with E-state index >= 15 is 0 Å². The van der Waals surface area contributed by atoms with Crippen LogP contribution >= 0.6 is 0 Å². The first-order valence-corrected chi connectivity index (χ1v) is 10.7. The molecule has 1 heteroatoms. The summed E-state index contributed by atoms with van der Waals surface area (Å²) in [5.41, 5.74) is 2.77. The van der Waals surface area contributed by atoms with E-state index in [1.807, 2.05) is 0 Å². The van der Waals surface area contributed by atoms with E-state index in [0.29, 0.717) is 12.0 Å². The van der Waals surface area contributed by atoms with Gasteiger partial charge in [-0.3, -0.25) is 0 Å². The molecule has 0 aromatic heterocycles. The van der Waals surface area contributed by atoms with Crippen molar-refractivity contribution in [1.82, 2.24) is 0 Å². The van der Waals surface area contributed by atoms with E-state index in [9.17, 15) is 0 Å². The van der Waals surface area contributed by atoms with Gasteiger partial charge in [0.05, 0.1) is 12.7 Å². The second kappa shape index (κ2) is 9.57. The fourth-order valence-corrected chi connectivity index (χ4v) is 4.55. The third-order valence-electron chi connectivity index (χ3n) is 6.31. The van der Waals surface area contributed by atoms with Crippen molar-refractivity contribution < 1.29 is 4.74 Å². The number of hydrogen-bond acceptors (Lipinski definition) is 1. The lowest BCUT2D eigenvalue weighted by atomic mass is 9.79. The lowest BCUT2D eigenvalue weighted by molar-refractivity contribution is -0.00537. The average Bonchev–Trinajstić information content (AvgIpc) is 2.68. The normalized spacial score (nSPS) is 30.6. The first kappa shape index (κ1) is 18.7. The van der Waals surface area contributed by atoms with Gasteiger partial charge in [0.25, 0.3) is 0 Å². The smallest absolute Gasteiger partial charge is 0.0825 e. The van der Waals surface area contributed by atoms with Gasteiger partial charge in [-0.2, -0.15) is 0 Å². The largest absolute Gasteiger partial charge is 0.373 e. The standard InChI is InChI=1S/C24H36O/c1-3-5-20-6-8-21(9-7-20)10-11-22-14-17-24(25-18-22)23-15-12-19(4-2)13-16-23/h10-13,15-16,20-22,24H,3-9,14,17-18H2,1-2H3. The fourth-order valence-electron chi connectivity index (χ4n) is 4.55. The molecular formula is C24H36O. The molecule has 1 aromatic rings. The molecule has 1 saturated carbocycles. The Morgan fingerprint density at radius 1 is 0.880 bits per heavy atom. The van der Waals surface area contributed by atoms with Crippen LogP contribution in [0.25, 0.3) is 0 Å². The molecule has 2 unspecified atom stereocenters. The molecule has 138 valence electrons. The summed E-state index contributed by atoms with van der Waals surface area (Å²) in [7, 11) is 0. The van der Waals surface area contributed by atoms with Crippen molar-refractivity contribution in [2.75, 3.05) is 6.61 Å². The Hall–Kier alpha value is -1.08. The number of allylic oxidation sites excluding steroid dienone is 1. The van der Waals surface area contributed by atoms with Crippen LogP contribution in [0, 0.1) is 17.8 Å². The molecule has 1 aromatic carbocycles. The summed E-state index contributed by atoms with van der Waals surface area (Å²) in [4.78, 5) is 0. The molecule has 0 bridgehead atoms. The Morgan fingerprint density at radius 3 is 2.16 bits per heavy atom. The molecule has 0 amide bonds. The van der Waals surface area contributed by atoms with E-state index in [1.54, 1.807) is 0 Å². The van der Waals surface area contributed by atoms with E-state index < -0.39 is 0 Å². The highest BCUT2D eigenvalue weighted by atomic mass is 16.5. The predicted octanol–water partition coefficient (Wildman–Crippen LogP) is 6.88. The van der Waals surface area contributed by atoms with E-state index in [0.717, 1.165) is 31.3 Å². The van der Waals surface area contributed by atoms with Crippen LogP contribution in [0.1, 0.15) is 82.4 Å². The molecular weight excluding hydrogens is 304 g/mol. The maximum Gasteiger partial charge on any atom is 0.0825 e. The highest BCUT2D eigenvalue weighted by Crippen LogP contribution is 2.34. The monoisotopic (exact) mass is 340 g/mol. The molecule has 1 aliphatic heterocycles. The SMILES string of the molecule is CCCC1CCC(C=CC2CCC(c3ccc(CC)cc3)OC2)CC1. The van der Waals surface area contributed by atoms with Gasteiger partial charge in [-0.05, 0) is 67.9 Å². The molecule has 25 heavy (non-hydrogen) atoms. The zero-order chi connectivity index (χ0) is 17.5. The van der Waals surface area contributed by atoms with Crippen LogP contribution in [0.15, 0.2) is 36.4 Å². The summed E-state index contributed by atoms with van der Waals surface area (Å²) in [6, 6.07) is 9.02. The summed E-state index contributed by atoms with van der Waals surface area (Å²) in [5, 5.41) is 0. The quantitative estimate of drug-likeness (QED) is 0.513. The van der Waals surface area contributed by atoms with Gasteiger partial charge < -0.3 is 4.74 Å². The van der Waals surface area contributed by atoms with Crippen LogP contribution in [0.5, 0.6) is 0 Å². The van der Waals surface area contributed by atoms with Gasteiger partial charge in [-0.1, -0.05) is 63.1 Å². The summed E-state index contributed by atoms with van der Waals surface area (Å²) < 4.78 is 6.19. The van der Waals surface area contributed by atoms with Crippen molar-refractivity contribution in [3.8, 4) is 0 Å². The zero-order valence-corrected chi connectivity index (χ0v) is 16.3. The molecule has 1 heterocycles. The number of ether oxygens (including phenoxy) is 1. The number of benzene rings is 1. The molecule has 2 aliphatic rings.